The maximum Gasteiger partial charge on any atom is 0.137 e. The van der Waals surface area contributed by atoms with E-state index in [1.165, 1.54) is 10.9 Å². The summed E-state index contributed by atoms with van der Waals surface area (Å²) in [6, 6.07) is 47.2. The van der Waals surface area contributed by atoms with Crippen LogP contribution in [0.25, 0.3) is 55.8 Å². The lowest BCUT2D eigenvalue weighted by molar-refractivity contribution is 0.482. The van der Waals surface area contributed by atoms with Crippen LogP contribution in [0.15, 0.2) is 146 Å². The summed E-state index contributed by atoms with van der Waals surface area (Å²) in [6.07, 6.45) is 1.90. The van der Waals surface area contributed by atoms with Crippen molar-refractivity contribution < 1.29 is 4.74 Å². The van der Waals surface area contributed by atoms with Gasteiger partial charge >= 0.3 is 0 Å². The minimum Gasteiger partial charge on any atom is -0.457 e. The highest BCUT2D eigenvalue weighted by Crippen LogP contribution is 2.36. The quantitative estimate of drug-likeness (QED) is 0.188. The Balaban J connectivity index is 1.19. The van der Waals surface area contributed by atoms with Crippen molar-refractivity contribution in [2.75, 3.05) is 0 Å². The molecule has 3 heterocycles. The Hall–Kier alpha value is -6.01. The molecule has 5 aromatic carbocycles. The largest absolute Gasteiger partial charge is 0.457 e. The summed E-state index contributed by atoms with van der Waals surface area (Å²) >= 11 is 0. The molecule has 0 fully saturated rings. The molecule has 8 aromatic rings. The first-order chi connectivity index (χ1) is 22.9. The van der Waals surface area contributed by atoms with E-state index < -0.39 is 0 Å². The first-order valence-electron chi connectivity index (χ1n) is 15.8. The molecule has 0 aliphatic carbocycles. The lowest BCUT2D eigenvalue weighted by Crippen LogP contribution is -2.12. The molecule has 0 aliphatic rings. The Morgan fingerprint density at radius 2 is 1.19 bits per heavy atom. The van der Waals surface area contributed by atoms with Crippen molar-refractivity contribution in [1.29, 1.82) is 0 Å². The van der Waals surface area contributed by atoms with Crippen LogP contribution < -0.4 is 4.74 Å². The topological polar surface area (TPSA) is 57.8 Å². The molecule has 6 heteroatoms. The number of hydrogen-bond acceptors (Lipinski definition) is 4. The van der Waals surface area contributed by atoms with Crippen molar-refractivity contribution in [3.63, 3.8) is 0 Å². The predicted octanol–water partition coefficient (Wildman–Crippen LogP) is 10.2. The van der Waals surface area contributed by atoms with Crippen LogP contribution in [0.1, 0.15) is 26.3 Å². The van der Waals surface area contributed by atoms with Gasteiger partial charge < -0.3 is 4.74 Å². The van der Waals surface area contributed by atoms with E-state index >= 15 is 0 Å². The van der Waals surface area contributed by atoms with E-state index in [1.807, 2.05) is 72.9 Å². The molecular formula is C41H33N5O. The van der Waals surface area contributed by atoms with E-state index in [1.54, 1.807) is 4.80 Å². The van der Waals surface area contributed by atoms with Crippen LogP contribution in [0, 0.1) is 0 Å². The van der Waals surface area contributed by atoms with Crippen molar-refractivity contribution in [3.8, 4) is 45.5 Å². The second-order valence-corrected chi connectivity index (χ2v) is 12.7. The molecule has 0 N–H and O–H groups in total. The van der Waals surface area contributed by atoms with Crippen molar-refractivity contribution in [1.82, 2.24) is 24.5 Å². The van der Waals surface area contributed by atoms with Gasteiger partial charge in [-0.3, -0.25) is 4.57 Å². The minimum absolute atomic E-state index is 0.00287. The SMILES string of the molecule is CC(C)(C)c1ccnc(-n2c3ccccc3c3ccc(Oc4cccc(-n5nc(-c6ccccc6)c(-c6ccccc6)n5)c4)cc32)c1. The fourth-order valence-electron chi connectivity index (χ4n) is 6.08. The molecule has 228 valence electrons. The van der Waals surface area contributed by atoms with Crippen molar-refractivity contribution in [2.45, 2.75) is 26.2 Å². The van der Waals surface area contributed by atoms with E-state index in [-0.39, 0.29) is 5.41 Å². The van der Waals surface area contributed by atoms with Gasteiger partial charge in [0.1, 0.15) is 28.7 Å². The lowest BCUT2D eigenvalue weighted by atomic mass is 9.88. The molecule has 0 saturated heterocycles. The van der Waals surface area contributed by atoms with Crippen molar-refractivity contribution >= 4 is 21.8 Å². The Morgan fingerprint density at radius 3 is 1.89 bits per heavy atom. The summed E-state index contributed by atoms with van der Waals surface area (Å²) in [7, 11) is 0. The van der Waals surface area contributed by atoms with Crippen molar-refractivity contribution in [3.05, 3.63) is 151 Å². The van der Waals surface area contributed by atoms with Crippen LogP contribution in [0.3, 0.4) is 0 Å². The highest BCUT2D eigenvalue weighted by molar-refractivity contribution is 6.09. The maximum atomic E-state index is 6.52. The van der Waals surface area contributed by atoms with Gasteiger partial charge in [0.15, 0.2) is 0 Å². The minimum atomic E-state index is 0.00287. The average molecular weight is 612 g/mol. The van der Waals surface area contributed by atoms with Crippen LogP contribution in [-0.4, -0.2) is 24.5 Å². The zero-order valence-corrected chi connectivity index (χ0v) is 26.5. The predicted molar refractivity (Wildman–Crippen MR) is 190 cm³/mol. The van der Waals surface area contributed by atoms with Crippen LogP contribution in [0.4, 0.5) is 0 Å². The Morgan fingerprint density at radius 1 is 0.553 bits per heavy atom. The number of ether oxygens (including phenoxy) is 1. The van der Waals surface area contributed by atoms with Gasteiger partial charge in [-0.2, -0.15) is 4.80 Å². The molecule has 8 rings (SSSR count). The number of aromatic nitrogens is 5. The standard InChI is InChI=1S/C41H33N5O/c1-41(2,3)30-23-24-42-38(25-30)45-36-20-11-10-19-34(36)35-22-21-33(27-37(35)45)47-32-18-12-17-31(26-32)46-43-39(28-13-6-4-7-14-28)40(44-46)29-15-8-5-9-16-29/h4-27H,1-3H3. The number of benzene rings is 5. The summed E-state index contributed by atoms with van der Waals surface area (Å²) in [5, 5.41) is 12.2. The molecule has 0 unspecified atom stereocenters. The third kappa shape index (κ3) is 5.34. The number of rotatable bonds is 6. The summed E-state index contributed by atoms with van der Waals surface area (Å²) in [5.74, 6) is 2.31. The Labute approximate surface area is 273 Å². The summed E-state index contributed by atoms with van der Waals surface area (Å²) < 4.78 is 8.75. The third-order valence-electron chi connectivity index (χ3n) is 8.48. The van der Waals surface area contributed by atoms with Crippen LogP contribution >= 0.6 is 0 Å². The molecule has 0 spiro atoms. The number of hydrogen-bond donors (Lipinski definition) is 0. The van der Waals surface area contributed by atoms with E-state index in [9.17, 15) is 0 Å². The fraction of sp³-hybridized carbons (Fsp3) is 0.0976. The summed E-state index contributed by atoms with van der Waals surface area (Å²) in [4.78, 5) is 6.50. The zero-order valence-electron chi connectivity index (χ0n) is 26.5. The van der Waals surface area contributed by atoms with Crippen LogP contribution in [0.2, 0.25) is 0 Å². The molecule has 3 aromatic heterocycles. The molecule has 0 atom stereocenters. The van der Waals surface area contributed by atoms with E-state index in [2.05, 4.69) is 98.1 Å². The average Bonchev–Trinajstić information content (AvgIpc) is 3.69. The second kappa shape index (κ2) is 11.4. The molecule has 0 aliphatic heterocycles. The first kappa shape index (κ1) is 28.5. The van der Waals surface area contributed by atoms with Gasteiger partial charge in [0.25, 0.3) is 0 Å². The smallest absolute Gasteiger partial charge is 0.137 e. The number of fused-ring (bicyclic) bond motifs is 3. The monoisotopic (exact) mass is 611 g/mol. The van der Waals surface area contributed by atoms with Gasteiger partial charge in [-0.25, -0.2) is 4.98 Å². The summed E-state index contributed by atoms with van der Waals surface area (Å²) in [6.45, 7) is 6.67. The fourth-order valence-corrected chi connectivity index (χ4v) is 6.08. The van der Waals surface area contributed by atoms with Gasteiger partial charge in [0.2, 0.25) is 0 Å². The first-order valence-corrected chi connectivity index (χ1v) is 15.8. The highest BCUT2D eigenvalue weighted by atomic mass is 16.5. The molecule has 0 bridgehead atoms. The van der Waals surface area contributed by atoms with Gasteiger partial charge in [-0.05, 0) is 53.4 Å². The van der Waals surface area contributed by atoms with Gasteiger partial charge in [0.05, 0.1) is 16.7 Å². The van der Waals surface area contributed by atoms with E-state index in [0.29, 0.717) is 5.75 Å². The third-order valence-corrected chi connectivity index (χ3v) is 8.48. The Kier molecular flexibility index (Phi) is 6.91. The molecular weight excluding hydrogens is 578 g/mol. The second-order valence-electron chi connectivity index (χ2n) is 12.7. The molecule has 0 radical (unpaired) electrons. The molecule has 47 heavy (non-hydrogen) atoms. The number of para-hydroxylation sites is 1. The zero-order chi connectivity index (χ0) is 32.0. The lowest BCUT2D eigenvalue weighted by Gasteiger charge is -2.20. The highest BCUT2D eigenvalue weighted by Gasteiger charge is 2.19. The molecule has 0 saturated carbocycles. The van der Waals surface area contributed by atoms with Crippen LogP contribution in [-0.2, 0) is 5.41 Å². The molecule has 0 amide bonds. The van der Waals surface area contributed by atoms with Crippen LogP contribution in [0.5, 0.6) is 11.5 Å². The Bertz CT molecular complexity index is 2310. The maximum absolute atomic E-state index is 6.52. The van der Waals surface area contributed by atoms with E-state index in [0.717, 1.165) is 56.2 Å². The van der Waals surface area contributed by atoms with Gasteiger partial charge in [-0.1, -0.05) is 106 Å². The normalized spacial score (nSPS) is 11.7. The number of pyridine rings is 1. The van der Waals surface area contributed by atoms with E-state index in [4.69, 9.17) is 19.9 Å². The summed E-state index contributed by atoms with van der Waals surface area (Å²) in [5.41, 5.74) is 7.85. The van der Waals surface area contributed by atoms with Gasteiger partial charge in [0, 0.05) is 40.2 Å². The number of nitrogens with zero attached hydrogens (tertiary/aromatic N) is 5. The van der Waals surface area contributed by atoms with Crippen molar-refractivity contribution in [2.24, 2.45) is 0 Å². The molecule has 6 nitrogen and oxygen atoms in total. The van der Waals surface area contributed by atoms with Gasteiger partial charge in [-0.15, -0.1) is 10.2 Å².